The number of aliphatic hydroxyl groups is 3. The summed E-state index contributed by atoms with van der Waals surface area (Å²) in [5.74, 6) is -7.92. The number of aliphatic hydroxyl groups excluding tert-OH is 2. The minimum absolute atomic E-state index is 0.0938. The first-order valence-corrected chi connectivity index (χ1v) is 12.4. The molecule has 2 aliphatic heterocycles. The number of primary amides is 1. The second-order valence-electron chi connectivity index (χ2n) is 10.9. The summed E-state index contributed by atoms with van der Waals surface area (Å²) in [7, 11) is 3.64. The SMILES string of the molecule is B=C1C(C(N)=O)=C(O)[C@@H](N)[C@@H]2C[C@@H]3Cc4c(F)c5c(c(O)c4C(=O)C3=C(O)[C@]12O)NC(=O)[C@@H]1C[C@H](F)CN1C5. The number of Topliss-reactive ketones (excluding diaryl/α,β-unsaturated/α-hetero) is 1. The van der Waals surface area contributed by atoms with Crippen LogP contribution in [-0.4, -0.2) is 86.3 Å². The number of ketones is 1. The molecular formula is C25H25BF2N4O7. The third kappa shape index (κ3) is 3.19. The number of fused-ring (bicyclic) bond motifs is 5. The minimum atomic E-state index is -2.45. The molecule has 6 rings (SSSR count). The molecule has 0 saturated carbocycles. The van der Waals surface area contributed by atoms with Crippen LogP contribution in [0.4, 0.5) is 14.5 Å². The quantitative estimate of drug-likeness (QED) is 0.172. The van der Waals surface area contributed by atoms with Crippen molar-refractivity contribution in [3.63, 3.8) is 0 Å². The number of alkyl halides is 1. The zero-order valence-electron chi connectivity index (χ0n) is 20.5. The Morgan fingerprint density at radius 1 is 1.18 bits per heavy atom. The van der Waals surface area contributed by atoms with Gasteiger partial charge in [0, 0.05) is 0 Å². The van der Waals surface area contributed by atoms with Gasteiger partial charge in [-0.1, -0.05) is 0 Å². The van der Waals surface area contributed by atoms with Crippen molar-refractivity contribution in [2.45, 2.75) is 49.7 Å². The molecule has 1 saturated heterocycles. The van der Waals surface area contributed by atoms with Crippen LogP contribution in [0.25, 0.3) is 0 Å². The number of hydrogen-bond acceptors (Lipinski definition) is 9. The normalized spacial score (nSPS) is 34.0. The number of halogens is 2. The molecule has 204 valence electrons. The van der Waals surface area contributed by atoms with Crippen molar-refractivity contribution < 1.29 is 43.6 Å². The summed E-state index contributed by atoms with van der Waals surface area (Å²) >= 11 is 0. The number of nitrogens with two attached hydrogens (primary N) is 2. The fourth-order valence-electron chi connectivity index (χ4n) is 7.02. The summed E-state index contributed by atoms with van der Waals surface area (Å²) < 4.78 is 30.1. The molecule has 11 nitrogen and oxygen atoms in total. The zero-order chi connectivity index (χ0) is 28.3. The number of phenolic OH excluding ortho intramolecular Hbond substituents is 1. The van der Waals surface area contributed by atoms with Crippen LogP contribution < -0.4 is 16.8 Å². The second kappa shape index (κ2) is 8.19. The maximum atomic E-state index is 16.1. The van der Waals surface area contributed by atoms with Crippen LogP contribution >= 0.6 is 0 Å². The predicted molar refractivity (Wildman–Crippen MR) is 134 cm³/mol. The molecule has 14 heteroatoms. The summed E-state index contributed by atoms with van der Waals surface area (Å²) in [4.78, 5) is 40.0. The summed E-state index contributed by atoms with van der Waals surface area (Å²) in [6.45, 7) is -0.274. The van der Waals surface area contributed by atoms with E-state index < -0.39 is 93.0 Å². The van der Waals surface area contributed by atoms with Crippen molar-refractivity contribution in [2.75, 3.05) is 11.9 Å². The van der Waals surface area contributed by atoms with Gasteiger partial charge in [-0.05, 0) is 0 Å². The fourth-order valence-corrected chi connectivity index (χ4v) is 7.02. The van der Waals surface area contributed by atoms with Gasteiger partial charge < -0.3 is 0 Å². The number of carbonyl (C=O) groups excluding carboxylic acids is 3. The van der Waals surface area contributed by atoms with Crippen LogP contribution in [0.2, 0.25) is 0 Å². The molecule has 39 heavy (non-hydrogen) atoms. The van der Waals surface area contributed by atoms with Crippen LogP contribution in [-0.2, 0) is 22.6 Å². The van der Waals surface area contributed by atoms with E-state index in [-0.39, 0.29) is 54.7 Å². The van der Waals surface area contributed by atoms with Crippen LogP contribution in [0.1, 0.15) is 34.3 Å². The molecule has 1 fully saturated rings. The number of allylic oxidation sites excluding steroid dienone is 1. The Labute approximate surface area is 220 Å². The van der Waals surface area contributed by atoms with Crippen LogP contribution in [0.15, 0.2) is 22.7 Å². The van der Waals surface area contributed by atoms with Gasteiger partial charge in [-0.25, -0.2) is 4.39 Å². The van der Waals surface area contributed by atoms with Gasteiger partial charge in [0.25, 0.3) is 0 Å². The standard InChI is InChI=1S/C25H25BF2N4O7/c26-21-14(23(30)37)19(34)16(29)10-2-6-1-8-13(18(33)12(6)22(36)25(10,21)39)20(35)17-9(15(8)28)5-32-4-7(27)3-11(32)24(38)31-17/h6-7,10-11,16,26,34-36,39H,1-5,29H2,(H2,30,37)(H,31,38)/t6-,7-,10-,11-,16-,25+/m0/s1. The van der Waals surface area contributed by atoms with Crippen molar-refractivity contribution in [1.29, 1.82) is 0 Å². The summed E-state index contributed by atoms with van der Waals surface area (Å²) in [5, 5.41) is 47.0. The van der Waals surface area contributed by atoms with Crippen molar-refractivity contribution in [3.8, 4) is 5.75 Å². The van der Waals surface area contributed by atoms with Crippen LogP contribution in [0.5, 0.6) is 5.75 Å². The molecular weight excluding hydrogens is 517 g/mol. The van der Waals surface area contributed by atoms with Crippen molar-refractivity contribution in [1.82, 2.24) is 4.90 Å². The van der Waals surface area contributed by atoms with Gasteiger partial charge in [0.2, 0.25) is 0 Å². The second-order valence-corrected chi connectivity index (χ2v) is 10.9. The van der Waals surface area contributed by atoms with Gasteiger partial charge in [-0.2, -0.15) is 0 Å². The number of amides is 2. The molecule has 5 aliphatic rings. The Hall–Kier alpha value is -3.62. The number of nitrogens with zero attached hydrogens (tertiary/aromatic N) is 1. The van der Waals surface area contributed by atoms with E-state index in [1.54, 1.807) is 0 Å². The topological polar surface area (TPSA) is 199 Å². The van der Waals surface area contributed by atoms with Gasteiger partial charge in [0.05, 0.1) is 0 Å². The number of rotatable bonds is 1. The molecule has 0 spiro atoms. The molecule has 0 bridgehead atoms. The Kier molecular flexibility index (Phi) is 5.39. The number of hydrogen-bond donors (Lipinski definition) is 7. The predicted octanol–water partition coefficient (Wildman–Crippen LogP) is -0.975. The molecule has 3 aliphatic carbocycles. The van der Waals surface area contributed by atoms with E-state index in [1.807, 2.05) is 0 Å². The van der Waals surface area contributed by atoms with E-state index >= 15 is 4.39 Å². The number of phenols is 1. The van der Waals surface area contributed by atoms with Gasteiger partial charge in [0.1, 0.15) is 6.17 Å². The number of carbonyl (C=O) groups is 3. The maximum absolute atomic E-state index is 16.1. The summed E-state index contributed by atoms with van der Waals surface area (Å²) in [6, 6.07) is -2.25. The van der Waals surface area contributed by atoms with Crippen molar-refractivity contribution in [3.05, 3.63) is 45.2 Å². The Morgan fingerprint density at radius 2 is 1.87 bits per heavy atom. The number of nitrogens with one attached hydrogen (secondary N) is 1. The van der Waals surface area contributed by atoms with E-state index in [0.717, 1.165) is 0 Å². The molecule has 1 aromatic rings. The molecule has 0 aromatic heterocycles. The molecule has 2 amide bonds. The van der Waals surface area contributed by atoms with E-state index in [0.29, 0.717) is 0 Å². The number of anilines is 1. The average molecular weight is 542 g/mol. The van der Waals surface area contributed by atoms with Gasteiger partial charge in [0.15, 0.2) is 0 Å². The fraction of sp³-hybridized carbons (Fsp3) is 0.440. The Balaban J connectivity index is 1.51. The first-order chi connectivity index (χ1) is 18.3. The van der Waals surface area contributed by atoms with Gasteiger partial charge >= 0.3 is 210 Å². The van der Waals surface area contributed by atoms with Gasteiger partial charge in [-0.15, -0.1) is 0 Å². The third-order valence-corrected chi connectivity index (χ3v) is 8.91. The third-order valence-electron chi connectivity index (χ3n) is 8.91. The molecule has 9 N–H and O–H groups in total. The van der Waals surface area contributed by atoms with Gasteiger partial charge in [-0.3, -0.25) is 0 Å². The Morgan fingerprint density at radius 3 is 2.54 bits per heavy atom. The van der Waals surface area contributed by atoms with Crippen LogP contribution in [0, 0.1) is 17.7 Å². The number of benzene rings is 1. The molecule has 0 radical (unpaired) electrons. The first-order valence-electron chi connectivity index (χ1n) is 12.4. The van der Waals surface area contributed by atoms with Crippen molar-refractivity contribution in [2.24, 2.45) is 23.3 Å². The number of aromatic hydroxyl groups is 1. The summed E-state index contributed by atoms with van der Waals surface area (Å²) in [5.41, 5.74) is 6.61. The molecule has 0 unspecified atom stereocenters. The van der Waals surface area contributed by atoms with E-state index in [1.165, 1.54) is 4.90 Å². The zero-order valence-corrected chi connectivity index (χ0v) is 20.5. The average Bonchev–Trinajstić information content (AvgIpc) is 3.18. The Bertz CT molecular complexity index is 1490. The van der Waals surface area contributed by atoms with E-state index in [4.69, 9.17) is 11.5 Å². The molecule has 1 aromatic carbocycles. The molecule has 6 atom stereocenters. The van der Waals surface area contributed by atoms with Crippen LogP contribution in [0.3, 0.4) is 0 Å². The summed E-state index contributed by atoms with van der Waals surface area (Å²) in [6.07, 6.45) is -1.69. The monoisotopic (exact) mass is 542 g/mol. The van der Waals surface area contributed by atoms with E-state index in [2.05, 4.69) is 12.8 Å². The van der Waals surface area contributed by atoms with Crippen molar-refractivity contribution >= 4 is 36.2 Å². The first kappa shape index (κ1) is 25.7. The van der Waals surface area contributed by atoms with E-state index in [9.17, 15) is 39.2 Å². The molecule has 2 heterocycles.